The molecule has 0 radical (unpaired) electrons. The molecule has 0 amide bonds. The topological polar surface area (TPSA) is 34.9 Å². The molecule has 0 aliphatic heterocycles. The number of nitrogens with zero attached hydrogens (tertiary/aromatic N) is 2. The zero-order valence-electron chi connectivity index (χ0n) is 6.94. The molecule has 1 heterocycles. The number of carbonyl (C=O) groups excluding carboxylic acids is 1. The summed E-state index contributed by atoms with van der Waals surface area (Å²) in [5.74, 6) is 0.669. The number of imidazole rings is 1. The van der Waals surface area contributed by atoms with Gasteiger partial charge in [0.25, 0.3) is 0 Å². The lowest BCUT2D eigenvalue weighted by Gasteiger charge is -2.07. The van der Waals surface area contributed by atoms with E-state index in [9.17, 15) is 4.79 Å². The molecule has 0 spiro atoms. The summed E-state index contributed by atoms with van der Waals surface area (Å²) >= 11 is 0. The van der Waals surface area contributed by atoms with E-state index in [1.807, 2.05) is 10.8 Å². The van der Waals surface area contributed by atoms with Gasteiger partial charge >= 0.3 is 0 Å². The van der Waals surface area contributed by atoms with Crippen molar-refractivity contribution < 1.29 is 4.79 Å². The lowest BCUT2D eigenvalue weighted by molar-refractivity contribution is -0.121. The second-order valence-electron chi connectivity index (χ2n) is 3.31. The van der Waals surface area contributed by atoms with E-state index >= 15 is 0 Å². The van der Waals surface area contributed by atoms with E-state index in [4.69, 9.17) is 0 Å². The van der Waals surface area contributed by atoms with E-state index in [2.05, 4.69) is 4.98 Å². The fourth-order valence-corrected chi connectivity index (χ4v) is 1.73. The fraction of sp³-hybridized carbons (Fsp3) is 0.556. The van der Waals surface area contributed by atoms with Crippen LogP contribution < -0.4 is 0 Å². The lowest BCUT2D eigenvalue weighted by atomic mass is 10.1. The summed E-state index contributed by atoms with van der Waals surface area (Å²) < 4.78 is 1.98. The smallest absolute Gasteiger partial charge is 0.137 e. The normalized spacial score (nSPS) is 23.3. The Bertz CT molecular complexity index is 266. The van der Waals surface area contributed by atoms with Gasteiger partial charge in [0.15, 0.2) is 0 Å². The molecular formula is C9H12N2O. The Morgan fingerprint density at radius 1 is 1.67 bits per heavy atom. The standard InChI is InChI=1S/C9H12N2O/c12-9-3-1-2-8(9)6-11-5-4-10-7-11/h4-5,7-8H,1-3,6H2/t8-/m0/s1. The van der Waals surface area contributed by atoms with Gasteiger partial charge in [-0.2, -0.15) is 0 Å². The quantitative estimate of drug-likeness (QED) is 0.659. The third kappa shape index (κ3) is 1.40. The highest BCUT2D eigenvalue weighted by Crippen LogP contribution is 2.22. The maximum absolute atomic E-state index is 11.3. The van der Waals surface area contributed by atoms with Crippen LogP contribution in [0.3, 0.4) is 0 Å². The molecule has 3 heteroatoms. The molecule has 12 heavy (non-hydrogen) atoms. The van der Waals surface area contributed by atoms with Crippen LogP contribution in [0, 0.1) is 5.92 Å². The van der Waals surface area contributed by atoms with Crippen LogP contribution >= 0.6 is 0 Å². The van der Waals surface area contributed by atoms with E-state index in [0.29, 0.717) is 5.78 Å². The minimum absolute atomic E-state index is 0.249. The van der Waals surface area contributed by atoms with Crippen molar-refractivity contribution in [2.24, 2.45) is 5.92 Å². The average Bonchev–Trinajstić information content (AvgIpc) is 2.65. The van der Waals surface area contributed by atoms with Crippen LogP contribution in [0.4, 0.5) is 0 Å². The number of hydrogen-bond donors (Lipinski definition) is 0. The van der Waals surface area contributed by atoms with Crippen LogP contribution in [-0.2, 0) is 11.3 Å². The van der Waals surface area contributed by atoms with Crippen LogP contribution in [0.2, 0.25) is 0 Å². The van der Waals surface area contributed by atoms with Crippen LogP contribution in [0.25, 0.3) is 0 Å². The molecule has 3 nitrogen and oxygen atoms in total. The summed E-state index contributed by atoms with van der Waals surface area (Å²) in [6.45, 7) is 0.818. The van der Waals surface area contributed by atoms with Gasteiger partial charge in [0.05, 0.1) is 6.33 Å². The highest BCUT2D eigenvalue weighted by Gasteiger charge is 2.24. The van der Waals surface area contributed by atoms with Gasteiger partial charge in [-0.1, -0.05) is 0 Å². The second kappa shape index (κ2) is 3.09. The van der Waals surface area contributed by atoms with Gasteiger partial charge in [0.2, 0.25) is 0 Å². The monoisotopic (exact) mass is 164 g/mol. The average molecular weight is 164 g/mol. The molecule has 0 aromatic carbocycles. The maximum Gasteiger partial charge on any atom is 0.137 e. The van der Waals surface area contributed by atoms with Crippen molar-refractivity contribution in [1.29, 1.82) is 0 Å². The first-order valence-electron chi connectivity index (χ1n) is 4.35. The first kappa shape index (κ1) is 7.53. The van der Waals surface area contributed by atoms with E-state index in [-0.39, 0.29) is 5.92 Å². The summed E-state index contributed by atoms with van der Waals surface area (Å²) in [6, 6.07) is 0. The molecule has 0 unspecified atom stereocenters. The Labute approximate surface area is 71.4 Å². The van der Waals surface area contributed by atoms with E-state index in [1.54, 1.807) is 12.5 Å². The van der Waals surface area contributed by atoms with Crippen LogP contribution in [0.5, 0.6) is 0 Å². The predicted molar refractivity (Wildman–Crippen MR) is 44.6 cm³/mol. The van der Waals surface area contributed by atoms with Crippen molar-refractivity contribution in [3.05, 3.63) is 18.7 Å². The third-order valence-corrected chi connectivity index (χ3v) is 2.42. The number of hydrogen-bond acceptors (Lipinski definition) is 2. The van der Waals surface area contributed by atoms with Gasteiger partial charge < -0.3 is 4.57 Å². The second-order valence-corrected chi connectivity index (χ2v) is 3.31. The Morgan fingerprint density at radius 2 is 2.58 bits per heavy atom. The summed E-state index contributed by atoms with van der Waals surface area (Å²) in [4.78, 5) is 15.2. The Hall–Kier alpha value is -1.12. The molecule has 0 bridgehead atoms. The number of aromatic nitrogens is 2. The fourth-order valence-electron chi connectivity index (χ4n) is 1.73. The van der Waals surface area contributed by atoms with E-state index in [1.165, 1.54) is 0 Å². The largest absolute Gasteiger partial charge is 0.337 e. The first-order chi connectivity index (χ1) is 5.86. The number of carbonyl (C=O) groups is 1. The molecule has 1 fully saturated rings. The third-order valence-electron chi connectivity index (χ3n) is 2.42. The molecule has 1 aliphatic rings. The minimum atomic E-state index is 0.249. The SMILES string of the molecule is O=C1CCC[C@H]1Cn1ccnc1. The van der Waals surface area contributed by atoms with Crippen molar-refractivity contribution >= 4 is 5.78 Å². The molecule has 0 N–H and O–H groups in total. The van der Waals surface area contributed by atoms with Crippen molar-refractivity contribution in [3.8, 4) is 0 Å². The molecule has 64 valence electrons. The first-order valence-corrected chi connectivity index (χ1v) is 4.35. The molecular weight excluding hydrogens is 152 g/mol. The molecule has 1 aromatic heterocycles. The van der Waals surface area contributed by atoms with Crippen LogP contribution in [0.1, 0.15) is 19.3 Å². The lowest BCUT2D eigenvalue weighted by Crippen LogP contribution is -2.13. The van der Waals surface area contributed by atoms with Crippen molar-refractivity contribution in [2.45, 2.75) is 25.8 Å². The zero-order valence-corrected chi connectivity index (χ0v) is 6.94. The van der Waals surface area contributed by atoms with Gasteiger partial charge in [-0.15, -0.1) is 0 Å². The van der Waals surface area contributed by atoms with Crippen molar-refractivity contribution in [2.75, 3.05) is 0 Å². The van der Waals surface area contributed by atoms with Gasteiger partial charge in [0.1, 0.15) is 5.78 Å². The maximum atomic E-state index is 11.3. The molecule has 1 aromatic rings. The number of ketones is 1. The molecule has 1 aliphatic carbocycles. The zero-order chi connectivity index (χ0) is 8.39. The van der Waals surface area contributed by atoms with E-state index < -0.39 is 0 Å². The summed E-state index contributed by atoms with van der Waals surface area (Å²) in [5.41, 5.74) is 0. The molecule has 0 saturated heterocycles. The van der Waals surface area contributed by atoms with Gasteiger partial charge in [-0.3, -0.25) is 4.79 Å². The molecule has 2 rings (SSSR count). The number of Topliss-reactive ketones (excluding diaryl/α,β-unsaturated/α-hetero) is 1. The van der Waals surface area contributed by atoms with Crippen LogP contribution in [0.15, 0.2) is 18.7 Å². The summed E-state index contributed by atoms with van der Waals surface area (Å²) in [5, 5.41) is 0. The summed E-state index contributed by atoms with van der Waals surface area (Å²) in [7, 11) is 0. The summed E-state index contributed by atoms with van der Waals surface area (Å²) in [6.07, 6.45) is 8.32. The van der Waals surface area contributed by atoms with E-state index in [0.717, 1.165) is 25.8 Å². The van der Waals surface area contributed by atoms with Crippen LogP contribution in [-0.4, -0.2) is 15.3 Å². The van der Waals surface area contributed by atoms with Gasteiger partial charge in [-0.05, 0) is 12.8 Å². The van der Waals surface area contributed by atoms with Crippen molar-refractivity contribution in [1.82, 2.24) is 9.55 Å². The number of rotatable bonds is 2. The van der Waals surface area contributed by atoms with Gasteiger partial charge in [-0.25, -0.2) is 4.98 Å². The van der Waals surface area contributed by atoms with Gasteiger partial charge in [0, 0.05) is 31.3 Å². The highest BCUT2D eigenvalue weighted by molar-refractivity contribution is 5.82. The highest BCUT2D eigenvalue weighted by atomic mass is 16.1. The molecule has 1 atom stereocenters. The van der Waals surface area contributed by atoms with Crippen molar-refractivity contribution in [3.63, 3.8) is 0 Å². The Kier molecular flexibility index (Phi) is 1.94. The minimum Gasteiger partial charge on any atom is -0.337 e. The Morgan fingerprint density at radius 3 is 3.17 bits per heavy atom. The Balaban J connectivity index is 1.99. The molecule has 1 saturated carbocycles. The predicted octanol–water partition coefficient (Wildman–Crippen LogP) is 1.25.